The van der Waals surface area contributed by atoms with E-state index in [0.717, 1.165) is 0 Å². The van der Waals surface area contributed by atoms with Crippen molar-refractivity contribution in [2.75, 3.05) is 20.2 Å². The van der Waals surface area contributed by atoms with Crippen LogP contribution in [-0.4, -0.2) is 46.7 Å². The molecule has 0 spiro atoms. The van der Waals surface area contributed by atoms with Crippen LogP contribution in [0.15, 0.2) is 18.3 Å². The van der Waals surface area contributed by atoms with Crippen molar-refractivity contribution in [2.24, 2.45) is 0 Å². The molecule has 0 aliphatic heterocycles. The lowest BCUT2D eigenvalue weighted by atomic mass is 10.1. The first-order valence-electron chi connectivity index (χ1n) is 5.89. The number of pyridine rings is 1. The van der Waals surface area contributed by atoms with Crippen LogP contribution < -0.4 is 4.74 Å². The fourth-order valence-corrected chi connectivity index (χ4v) is 1.60. The zero-order chi connectivity index (χ0) is 13.8. The molecular formula is C13H20N2O3. The molecule has 1 aromatic rings. The van der Waals surface area contributed by atoms with Gasteiger partial charge in [0.25, 0.3) is 5.91 Å². The normalized spacial score (nSPS) is 11.2. The summed E-state index contributed by atoms with van der Waals surface area (Å²) in [4.78, 5) is 17.8. The molecule has 1 N–H and O–H groups in total. The molecule has 1 aromatic heterocycles. The first-order chi connectivity index (χ1) is 8.37. The number of hydrogen-bond donors (Lipinski definition) is 1. The van der Waals surface area contributed by atoms with Crippen molar-refractivity contribution in [1.29, 1.82) is 0 Å². The lowest BCUT2D eigenvalue weighted by Crippen LogP contribution is -2.42. The summed E-state index contributed by atoms with van der Waals surface area (Å²) in [6, 6.07) is 3.31. The van der Waals surface area contributed by atoms with Crippen molar-refractivity contribution < 1.29 is 14.6 Å². The smallest absolute Gasteiger partial charge is 0.255 e. The Morgan fingerprint density at radius 2 is 2.17 bits per heavy atom. The fourth-order valence-electron chi connectivity index (χ4n) is 1.60. The van der Waals surface area contributed by atoms with E-state index >= 15 is 0 Å². The third kappa shape index (κ3) is 4.00. The number of hydrogen-bond acceptors (Lipinski definition) is 4. The van der Waals surface area contributed by atoms with Gasteiger partial charge in [0.2, 0.25) is 5.88 Å². The minimum atomic E-state index is -0.911. The average Bonchev–Trinajstić information content (AvgIpc) is 2.34. The lowest BCUT2D eigenvalue weighted by Gasteiger charge is -2.28. The molecule has 0 aliphatic carbocycles. The van der Waals surface area contributed by atoms with Gasteiger partial charge < -0.3 is 14.7 Å². The van der Waals surface area contributed by atoms with Gasteiger partial charge in [-0.15, -0.1) is 0 Å². The van der Waals surface area contributed by atoms with E-state index in [1.807, 2.05) is 6.92 Å². The Morgan fingerprint density at radius 1 is 1.50 bits per heavy atom. The number of carbonyl (C=O) groups excluding carboxylic acids is 1. The van der Waals surface area contributed by atoms with Gasteiger partial charge in [-0.3, -0.25) is 4.79 Å². The number of amides is 1. The van der Waals surface area contributed by atoms with Crippen LogP contribution in [0.25, 0.3) is 0 Å². The summed E-state index contributed by atoms with van der Waals surface area (Å²) in [7, 11) is 1.52. The molecule has 18 heavy (non-hydrogen) atoms. The molecule has 5 heteroatoms. The number of likely N-dealkylation sites (N-methyl/N-ethyl adjacent to an activating group) is 1. The Bertz CT molecular complexity index is 396. The van der Waals surface area contributed by atoms with E-state index < -0.39 is 5.60 Å². The van der Waals surface area contributed by atoms with Gasteiger partial charge in [-0.05, 0) is 26.8 Å². The summed E-state index contributed by atoms with van der Waals surface area (Å²) in [6.45, 7) is 6.05. The van der Waals surface area contributed by atoms with E-state index in [9.17, 15) is 9.90 Å². The topological polar surface area (TPSA) is 62.7 Å². The van der Waals surface area contributed by atoms with E-state index in [0.29, 0.717) is 18.0 Å². The highest BCUT2D eigenvalue weighted by molar-refractivity contribution is 5.94. The third-order valence-corrected chi connectivity index (χ3v) is 2.44. The summed E-state index contributed by atoms with van der Waals surface area (Å²) in [5.41, 5.74) is -0.423. The molecule has 5 nitrogen and oxygen atoms in total. The van der Waals surface area contributed by atoms with Crippen LogP contribution in [0.3, 0.4) is 0 Å². The van der Waals surface area contributed by atoms with Crippen molar-refractivity contribution >= 4 is 5.91 Å². The van der Waals surface area contributed by atoms with Gasteiger partial charge in [-0.1, -0.05) is 0 Å². The van der Waals surface area contributed by atoms with Crippen LogP contribution in [0.2, 0.25) is 0 Å². The first kappa shape index (κ1) is 14.4. The highest BCUT2D eigenvalue weighted by Gasteiger charge is 2.22. The van der Waals surface area contributed by atoms with Gasteiger partial charge in [0.15, 0.2) is 0 Å². The second-order valence-electron chi connectivity index (χ2n) is 4.72. The standard InChI is InChI=1S/C13H20N2O3/c1-5-15(9-13(2,3)17)12(16)10-6-7-11(18-4)14-8-10/h6-8,17H,5,9H2,1-4H3. The number of ether oxygens (including phenoxy) is 1. The molecular weight excluding hydrogens is 232 g/mol. The quantitative estimate of drug-likeness (QED) is 0.858. The van der Waals surface area contributed by atoms with Gasteiger partial charge in [-0.2, -0.15) is 0 Å². The van der Waals surface area contributed by atoms with Crippen LogP contribution in [0.5, 0.6) is 5.88 Å². The van der Waals surface area contributed by atoms with Crippen LogP contribution in [0.1, 0.15) is 31.1 Å². The van der Waals surface area contributed by atoms with Gasteiger partial charge in [0.05, 0.1) is 18.3 Å². The van der Waals surface area contributed by atoms with Gasteiger partial charge >= 0.3 is 0 Å². The molecule has 0 saturated heterocycles. The highest BCUT2D eigenvalue weighted by atomic mass is 16.5. The second-order valence-corrected chi connectivity index (χ2v) is 4.72. The largest absolute Gasteiger partial charge is 0.481 e. The van der Waals surface area contributed by atoms with Crippen molar-refractivity contribution in [3.05, 3.63) is 23.9 Å². The second kappa shape index (κ2) is 5.82. The molecule has 0 fully saturated rings. The van der Waals surface area contributed by atoms with Crippen LogP contribution in [0.4, 0.5) is 0 Å². The van der Waals surface area contributed by atoms with Crippen molar-refractivity contribution in [3.63, 3.8) is 0 Å². The summed E-state index contributed by atoms with van der Waals surface area (Å²) < 4.78 is 4.94. The number of methoxy groups -OCH3 is 1. The Balaban J connectivity index is 2.82. The summed E-state index contributed by atoms with van der Waals surface area (Å²) in [6.07, 6.45) is 1.48. The van der Waals surface area contributed by atoms with Crippen molar-refractivity contribution in [3.8, 4) is 5.88 Å². The average molecular weight is 252 g/mol. The molecule has 1 heterocycles. The number of aromatic nitrogens is 1. The number of nitrogens with zero attached hydrogens (tertiary/aromatic N) is 2. The van der Waals surface area contributed by atoms with Crippen LogP contribution >= 0.6 is 0 Å². The van der Waals surface area contributed by atoms with Gasteiger partial charge in [0.1, 0.15) is 0 Å². The minimum Gasteiger partial charge on any atom is -0.481 e. The Labute approximate surface area is 107 Å². The summed E-state index contributed by atoms with van der Waals surface area (Å²) >= 11 is 0. The Hall–Kier alpha value is -1.62. The van der Waals surface area contributed by atoms with E-state index in [1.54, 1.807) is 30.9 Å². The number of rotatable bonds is 5. The lowest BCUT2D eigenvalue weighted by molar-refractivity contribution is 0.0314. The molecule has 0 radical (unpaired) electrons. The van der Waals surface area contributed by atoms with E-state index in [1.165, 1.54) is 13.3 Å². The van der Waals surface area contributed by atoms with E-state index in [4.69, 9.17) is 4.74 Å². The molecule has 100 valence electrons. The van der Waals surface area contributed by atoms with Gasteiger partial charge in [0, 0.05) is 25.4 Å². The number of aliphatic hydroxyl groups is 1. The SMILES string of the molecule is CCN(CC(C)(C)O)C(=O)c1ccc(OC)nc1. The Morgan fingerprint density at radius 3 is 2.56 bits per heavy atom. The maximum atomic E-state index is 12.2. The Kier molecular flexibility index (Phi) is 4.67. The predicted molar refractivity (Wildman–Crippen MR) is 68.7 cm³/mol. The maximum absolute atomic E-state index is 12.2. The fraction of sp³-hybridized carbons (Fsp3) is 0.538. The molecule has 1 amide bonds. The molecule has 0 unspecified atom stereocenters. The van der Waals surface area contributed by atoms with E-state index in [2.05, 4.69) is 4.98 Å². The zero-order valence-corrected chi connectivity index (χ0v) is 11.3. The zero-order valence-electron chi connectivity index (χ0n) is 11.3. The minimum absolute atomic E-state index is 0.144. The van der Waals surface area contributed by atoms with Crippen molar-refractivity contribution in [2.45, 2.75) is 26.4 Å². The molecule has 1 rings (SSSR count). The molecule has 0 aromatic carbocycles. The van der Waals surface area contributed by atoms with Crippen LogP contribution in [0, 0.1) is 0 Å². The summed E-state index contributed by atoms with van der Waals surface area (Å²) in [5, 5.41) is 9.77. The number of carbonyl (C=O) groups is 1. The third-order valence-electron chi connectivity index (χ3n) is 2.44. The first-order valence-corrected chi connectivity index (χ1v) is 5.89. The highest BCUT2D eigenvalue weighted by Crippen LogP contribution is 2.12. The summed E-state index contributed by atoms with van der Waals surface area (Å²) in [5.74, 6) is 0.326. The maximum Gasteiger partial charge on any atom is 0.255 e. The van der Waals surface area contributed by atoms with Crippen molar-refractivity contribution in [1.82, 2.24) is 9.88 Å². The predicted octanol–water partition coefficient (Wildman–Crippen LogP) is 1.32. The van der Waals surface area contributed by atoms with E-state index in [-0.39, 0.29) is 12.5 Å². The molecule has 0 bridgehead atoms. The monoisotopic (exact) mass is 252 g/mol. The molecule has 0 saturated carbocycles. The molecule has 0 aliphatic rings. The molecule has 0 atom stereocenters. The van der Waals surface area contributed by atoms with Gasteiger partial charge in [-0.25, -0.2) is 4.98 Å². The van der Waals surface area contributed by atoms with Crippen LogP contribution in [-0.2, 0) is 0 Å².